The van der Waals surface area contributed by atoms with E-state index in [-0.39, 0.29) is 5.60 Å². The Kier molecular flexibility index (Phi) is 2.55. The lowest BCUT2D eigenvalue weighted by Crippen LogP contribution is -2.64. The first-order valence-corrected chi connectivity index (χ1v) is 4.43. The van der Waals surface area contributed by atoms with Crippen LogP contribution < -0.4 is 0 Å². The Labute approximate surface area is 69.5 Å². The Balaban J connectivity index is 2.35. The highest BCUT2D eigenvalue weighted by Crippen LogP contribution is 2.29. The third-order valence-corrected chi connectivity index (χ3v) is 2.79. The number of rotatable bonds is 3. The molecule has 2 heteroatoms. The van der Waals surface area contributed by atoms with Crippen LogP contribution in [0.25, 0.3) is 0 Å². The molecule has 1 saturated heterocycles. The van der Waals surface area contributed by atoms with E-state index in [4.69, 9.17) is 4.74 Å². The minimum Gasteiger partial charge on any atom is -0.376 e. The molecule has 0 atom stereocenters. The molecule has 11 heavy (non-hydrogen) atoms. The second-order valence-electron chi connectivity index (χ2n) is 3.74. The summed E-state index contributed by atoms with van der Waals surface area (Å²) in [5.74, 6) is 0. The van der Waals surface area contributed by atoms with Crippen LogP contribution >= 0.6 is 0 Å². The van der Waals surface area contributed by atoms with Gasteiger partial charge in [0.25, 0.3) is 0 Å². The Morgan fingerprint density at radius 2 is 2.00 bits per heavy atom. The number of methoxy groups -OCH3 is 1. The van der Waals surface area contributed by atoms with Crippen molar-refractivity contribution < 1.29 is 4.74 Å². The Hall–Kier alpha value is -0.0800. The zero-order chi connectivity index (χ0) is 8.48. The van der Waals surface area contributed by atoms with E-state index in [0.29, 0.717) is 6.04 Å². The predicted octanol–water partition coefficient (Wildman–Crippen LogP) is 1.51. The second kappa shape index (κ2) is 3.11. The first-order chi connectivity index (χ1) is 5.13. The standard InChI is InChI=1S/C9H19NO/c1-5-9(11-4)6-10(7-9)8(2)3/h8H,5-7H2,1-4H3. The van der Waals surface area contributed by atoms with Gasteiger partial charge in [0.15, 0.2) is 0 Å². The molecule has 0 saturated carbocycles. The van der Waals surface area contributed by atoms with Crippen LogP contribution in [0.2, 0.25) is 0 Å². The van der Waals surface area contributed by atoms with Gasteiger partial charge >= 0.3 is 0 Å². The Morgan fingerprint density at radius 3 is 2.27 bits per heavy atom. The molecular weight excluding hydrogens is 138 g/mol. The highest BCUT2D eigenvalue weighted by atomic mass is 16.5. The molecule has 1 rings (SSSR count). The molecule has 0 aromatic carbocycles. The topological polar surface area (TPSA) is 12.5 Å². The summed E-state index contributed by atoms with van der Waals surface area (Å²) in [6.45, 7) is 8.88. The normalized spacial score (nSPS) is 23.7. The number of ether oxygens (including phenoxy) is 1. The molecule has 0 unspecified atom stereocenters. The van der Waals surface area contributed by atoms with Gasteiger partial charge in [0.1, 0.15) is 0 Å². The van der Waals surface area contributed by atoms with Gasteiger partial charge in [-0.3, -0.25) is 4.90 Å². The zero-order valence-electron chi connectivity index (χ0n) is 8.05. The van der Waals surface area contributed by atoms with E-state index in [2.05, 4.69) is 25.7 Å². The van der Waals surface area contributed by atoms with Gasteiger partial charge < -0.3 is 4.74 Å². The summed E-state index contributed by atoms with van der Waals surface area (Å²) < 4.78 is 5.46. The Morgan fingerprint density at radius 1 is 1.45 bits per heavy atom. The second-order valence-corrected chi connectivity index (χ2v) is 3.74. The lowest BCUT2D eigenvalue weighted by Gasteiger charge is -2.50. The van der Waals surface area contributed by atoms with Gasteiger partial charge in [-0.2, -0.15) is 0 Å². The van der Waals surface area contributed by atoms with Crippen LogP contribution in [0.1, 0.15) is 27.2 Å². The monoisotopic (exact) mass is 157 g/mol. The third kappa shape index (κ3) is 1.57. The molecule has 1 aliphatic rings. The van der Waals surface area contributed by atoms with Gasteiger partial charge in [-0.15, -0.1) is 0 Å². The van der Waals surface area contributed by atoms with Crippen molar-refractivity contribution in [1.29, 1.82) is 0 Å². The van der Waals surface area contributed by atoms with Gasteiger partial charge in [-0.1, -0.05) is 6.92 Å². The summed E-state index contributed by atoms with van der Waals surface area (Å²) in [5.41, 5.74) is 0.185. The molecule has 1 aliphatic heterocycles. The zero-order valence-corrected chi connectivity index (χ0v) is 8.05. The van der Waals surface area contributed by atoms with Gasteiger partial charge in [-0.05, 0) is 20.3 Å². The van der Waals surface area contributed by atoms with Crippen LogP contribution in [0.15, 0.2) is 0 Å². The van der Waals surface area contributed by atoms with Crippen LogP contribution in [0.5, 0.6) is 0 Å². The van der Waals surface area contributed by atoms with Gasteiger partial charge in [-0.25, -0.2) is 0 Å². The first kappa shape index (κ1) is 9.01. The van der Waals surface area contributed by atoms with Crippen LogP contribution in [0.4, 0.5) is 0 Å². The summed E-state index contributed by atoms with van der Waals surface area (Å²) in [7, 11) is 1.82. The molecule has 1 heterocycles. The van der Waals surface area contributed by atoms with E-state index >= 15 is 0 Å². The molecule has 2 nitrogen and oxygen atoms in total. The first-order valence-electron chi connectivity index (χ1n) is 4.43. The van der Waals surface area contributed by atoms with Crippen molar-refractivity contribution >= 4 is 0 Å². The maximum atomic E-state index is 5.46. The summed E-state index contributed by atoms with van der Waals surface area (Å²) in [6.07, 6.45) is 1.13. The molecule has 1 fully saturated rings. The van der Waals surface area contributed by atoms with E-state index in [1.54, 1.807) is 0 Å². The van der Waals surface area contributed by atoms with E-state index in [1.807, 2.05) is 7.11 Å². The fraction of sp³-hybridized carbons (Fsp3) is 1.00. The summed E-state index contributed by atoms with van der Waals surface area (Å²) in [4.78, 5) is 2.44. The maximum absolute atomic E-state index is 5.46. The number of hydrogen-bond acceptors (Lipinski definition) is 2. The summed E-state index contributed by atoms with van der Waals surface area (Å²) >= 11 is 0. The minimum absolute atomic E-state index is 0.185. The Bertz CT molecular complexity index is 122. The highest BCUT2D eigenvalue weighted by Gasteiger charge is 2.42. The number of nitrogens with zero attached hydrogens (tertiary/aromatic N) is 1. The van der Waals surface area contributed by atoms with E-state index in [1.165, 1.54) is 0 Å². The van der Waals surface area contributed by atoms with Crippen molar-refractivity contribution in [3.8, 4) is 0 Å². The van der Waals surface area contributed by atoms with Crippen LogP contribution in [0.3, 0.4) is 0 Å². The van der Waals surface area contributed by atoms with Crippen molar-refractivity contribution in [3.05, 3.63) is 0 Å². The fourth-order valence-corrected chi connectivity index (χ4v) is 1.56. The molecule has 0 bridgehead atoms. The fourth-order valence-electron chi connectivity index (χ4n) is 1.56. The highest BCUT2D eigenvalue weighted by molar-refractivity contribution is 4.97. The third-order valence-electron chi connectivity index (χ3n) is 2.79. The van der Waals surface area contributed by atoms with Gasteiger partial charge in [0, 0.05) is 26.2 Å². The largest absolute Gasteiger partial charge is 0.376 e. The van der Waals surface area contributed by atoms with Gasteiger partial charge in [0.05, 0.1) is 5.60 Å². The molecule has 0 radical (unpaired) electrons. The molecule has 0 spiro atoms. The summed E-state index contributed by atoms with van der Waals surface area (Å²) in [6, 6.07) is 0.671. The smallest absolute Gasteiger partial charge is 0.0928 e. The van der Waals surface area contributed by atoms with E-state index < -0.39 is 0 Å². The van der Waals surface area contributed by atoms with Crippen molar-refractivity contribution in [2.24, 2.45) is 0 Å². The lowest BCUT2D eigenvalue weighted by atomic mass is 9.90. The number of hydrogen-bond donors (Lipinski definition) is 0. The maximum Gasteiger partial charge on any atom is 0.0928 e. The van der Waals surface area contributed by atoms with Crippen LogP contribution in [-0.4, -0.2) is 36.7 Å². The molecule has 0 aliphatic carbocycles. The number of likely N-dealkylation sites (tertiary alicyclic amines) is 1. The SMILES string of the molecule is CCC1(OC)CN(C(C)C)C1. The molecule has 66 valence electrons. The lowest BCUT2D eigenvalue weighted by molar-refractivity contribution is -0.135. The van der Waals surface area contributed by atoms with Crippen molar-refractivity contribution in [2.75, 3.05) is 20.2 Å². The van der Waals surface area contributed by atoms with Crippen LogP contribution in [0, 0.1) is 0 Å². The molecule has 0 N–H and O–H groups in total. The molecule has 0 amide bonds. The van der Waals surface area contributed by atoms with Crippen molar-refractivity contribution in [1.82, 2.24) is 4.90 Å². The van der Waals surface area contributed by atoms with Crippen molar-refractivity contribution in [2.45, 2.75) is 38.8 Å². The van der Waals surface area contributed by atoms with E-state index in [9.17, 15) is 0 Å². The predicted molar refractivity (Wildman–Crippen MR) is 46.7 cm³/mol. The average Bonchev–Trinajstić information content (AvgIpc) is 1.87. The van der Waals surface area contributed by atoms with Crippen molar-refractivity contribution in [3.63, 3.8) is 0 Å². The quantitative estimate of drug-likeness (QED) is 0.615. The summed E-state index contributed by atoms with van der Waals surface area (Å²) in [5, 5.41) is 0. The molecular formula is C9H19NO. The minimum atomic E-state index is 0.185. The molecule has 0 aromatic heterocycles. The van der Waals surface area contributed by atoms with Crippen LogP contribution in [-0.2, 0) is 4.74 Å². The van der Waals surface area contributed by atoms with E-state index in [0.717, 1.165) is 19.5 Å². The molecule has 0 aromatic rings. The van der Waals surface area contributed by atoms with Gasteiger partial charge in [0.2, 0.25) is 0 Å². The average molecular weight is 157 g/mol.